The predicted octanol–water partition coefficient (Wildman–Crippen LogP) is 3.32. The number of nitrogens with one attached hydrogen (secondary N) is 1. The van der Waals surface area contributed by atoms with Gasteiger partial charge in [0.1, 0.15) is 5.82 Å². The van der Waals surface area contributed by atoms with Crippen molar-refractivity contribution in [3.05, 3.63) is 23.9 Å². The molecule has 1 aliphatic heterocycles. The van der Waals surface area contributed by atoms with Gasteiger partial charge in [-0.2, -0.15) is 13.2 Å². The summed E-state index contributed by atoms with van der Waals surface area (Å²) < 4.78 is 39.2. The Kier molecular flexibility index (Phi) is 5.45. The first-order valence-corrected chi connectivity index (χ1v) is 7.50. The standard InChI is InChI=1S/C15H22F3N3/c1-2-7-19-10-12-5-4-9-21(11-12)14-13(15(16,17)18)6-3-8-20-14/h3,6,8,12,19H,2,4-5,7,9-11H2,1H3. The number of aromatic nitrogens is 1. The molecule has 0 saturated carbocycles. The van der Waals surface area contributed by atoms with Gasteiger partial charge in [0.25, 0.3) is 0 Å². The number of hydrogen-bond acceptors (Lipinski definition) is 3. The Bertz CT molecular complexity index is 448. The van der Waals surface area contributed by atoms with Crippen LogP contribution in [0.3, 0.4) is 0 Å². The molecule has 0 radical (unpaired) electrons. The summed E-state index contributed by atoms with van der Waals surface area (Å²) in [6, 6.07) is 2.46. The minimum absolute atomic E-state index is 0.0743. The van der Waals surface area contributed by atoms with Gasteiger partial charge in [0.05, 0.1) is 5.56 Å². The van der Waals surface area contributed by atoms with E-state index >= 15 is 0 Å². The lowest BCUT2D eigenvalue weighted by atomic mass is 9.97. The highest BCUT2D eigenvalue weighted by Gasteiger charge is 2.36. The van der Waals surface area contributed by atoms with Crippen molar-refractivity contribution < 1.29 is 13.2 Å². The van der Waals surface area contributed by atoms with Crippen molar-refractivity contribution in [1.82, 2.24) is 10.3 Å². The van der Waals surface area contributed by atoms with E-state index in [4.69, 9.17) is 0 Å². The molecular formula is C15H22F3N3. The Morgan fingerprint density at radius 3 is 2.95 bits per heavy atom. The van der Waals surface area contributed by atoms with E-state index in [0.717, 1.165) is 38.4 Å². The molecule has 1 saturated heterocycles. The van der Waals surface area contributed by atoms with Crippen molar-refractivity contribution in [3.63, 3.8) is 0 Å². The first-order valence-electron chi connectivity index (χ1n) is 7.50. The zero-order valence-electron chi connectivity index (χ0n) is 12.3. The fourth-order valence-corrected chi connectivity index (χ4v) is 2.78. The van der Waals surface area contributed by atoms with E-state index in [9.17, 15) is 13.2 Å². The number of nitrogens with zero attached hydrogens (tertiary/aromatic N) is 2. The first kappa shape index (κ1) is 16.1. The Hall–Kier alpha value is -1.30. The van der Waals surface area contributed by atoms with E-state index < -0.39 is 11.7 Å². The maximum atomic E-state index is 13.1. The summed E-state index contributed by atoms with van der Waals surface area (Å²) in [6.07, 6.45) is 0.114. The van der Waals surface area contributed by atoms with Gasteiger partial charge < -0.3 is 10.2 Å². The second kappa shape index (κ2) is 7.11. The number of rotatable bonds is 5. The number of pyridine rings is 1. The highest BCUT2D eigenvalue weighted by atomic mass is 19.4. The maximum absolute atomic E-state index is 13.1. The van der Waals surface area contributed by atoms with Crippen LogP contribution in [0.4, 0.5) is 19.0 Å². The molecule has 118 valence electrons. The second-order valence-electron chi connectivity index (χ2n) is 5.53. The normalized spacial score (nSPS) is 19.8. The highest BCUT2D eigenvalue weighted by Crippen LogP contribution is 2.36. The molecule has 6 heteroatoms. The van der Waals surface area contributed by atoms with Gasteiger partial charge in [-0.15, -0.1) is 0 Å². The Morgan fingerprint density at radius 2 is 2.24 bits per heavy atom. The van der Waals surface area contributed by atoms with E-state index in [1.54, 1.807) is 4.90 Å². The van der Waals surface area contributed by atoms with Crippen LogP contribution < -0.4 is 10.2 Å². The fourth-order valence-electron chi connectivity index (χ4n) is 2.78. The molecule has 0 amide bonds. The Morgan fingerprint density at radius 1 is 1.43 bits per heavy atom. The van der Waals surface area contributed by atoms with Crippen LogP contribution in [-0.4, -0.2) is 31.2 Å². The van der Waals surface area contributed by atoms with Crippen molar-refractivity contribution in [2.24, 2.45) is 5.92 Å². The maximum Gasteiger partial charge on any atom is 0.419 e. The average Bonchev–Trinajstić information content (AvgIpc) is 2.47. The Balaban J connectivity index is 2.08. The van der Waals surface area contributed by atoms with E-state index in [1.807, 2.05) is 0 Å². The minimum Gasteiger partial charge on any atom is -0.356 e. The molecule has 0 aliphatic carbocycles. The van der Waals surface area contributed by atoms with Gasteiger partial charge in [-0.1, -0.05) is 6.92 Å². The van der Waals surface area contributed by atoms with Crippen molar-refractivity contribution in [2.75, 3.05) is 31.1 Å². The van der Waals surface area contributed by atoms with Crippen molar-refractivity contribution in [1.29, 1.82) is 0 Å². The van der Waals surface area contributed by atoms with Gasteiger partial charge in [-0.25, -0.2) is 4.98 Å². The molecule has 21 heavy (non-hydrogen) atoms. The molecule has 2 rings (SSSR count). The summed E-state index contributed by atoms with van der Waals surface area (Å²) in [7, 11) is 0. The molecule has 2 heterocycles. The lowest BCUT2D eigenvalue weighted by molar-refractivity contribution is -0.137. The molecule has 1 aromatic rings. The van der Waals surface area contributed by atoms with Crippen LogP contribution in [-0.2, 0) is 6.18 Å². The van der Waals surface area contributed by atoms with Crippen molar-refractivity contribution in [2.45, 2.75) is 32.4 Å². The summed E-state index contributed by atoms with van der Waals surface area (Å²) in [5.41, 5.74) is -0.632. The quantitative estimate of drug-likeness (QED) is 0.846. The third-order valence-electron chi connectivity index (χ3n) is 3.77. The van der Waals surface area contributed by atoms with E-state index in [0.29, 0.717) is 19.0 Å². The topological polar surface area (TPSA) is 28.2 Å². The Labute approximate surface area is 123 Å². The largest absolute Gasteiger partial charge is 0.419 e. The molecule has 0 bridgehead atoms. The van der Waals surface area contributed by atoms with Gasteiger partial charge >= 0.3 is 6.18 Å². The van der Waals surface area contributed by atoms with Crippen molar-refractivity contribution >= 4 is 5.82 Å². The SMILES string of the molecule is CCCNCC1CCCN(c2ncccc2C(F)(F)F)C1. The number of alkyl halides is 3. The number of hydrogen-bond donors (Lipinski definition) is 1. The molecule has 1 fully saturated rings. The number of halogens is 3. The fraction of sp³-hybridized carbons (Fsp3) is 0.667. The molecular weight excluding hydrogens is 279 g/mol. The molecule has 1 atom stereocenters. The van der Waals surface area contributed by atoms with Gasteiger partial charge in [-0.05, 0) is 50.4 Å². The lowest BCUT2D eigenvalue weighted by Crippen LogP contribution is -2.41. The smallest absolute Gasteiger partial charge is 0.356 e. The van der Waals surface area contributed by atoms with Crippen LogP contribution in [0.5, 0.6) is 0 Å². The first-order chi connectivity index (χ1) is 10.0. The molecule has 1 unspecified atom stereocenters. The van der Waals surface area contributed by atoms with Gasteiger partial charge in [0.15, 0.2) is 0 Å². The van der Waals surface area contributed by atoms with Gasteiger partial charge in [0.2, 0.25) is 0 Å². The molecule has 0 spiro atoms. The molecule has 0 aromatic carbocycles. The van der Waals surface area contributed by atoms with Crippen LogP contribution in [0.15, 0.2) is 18.3 Å². The summed E-state index contributed by atoms with van der Waals surface area (Å²) in [4.78, 5) is 5.77. The van der Waals surface area contributed by atoms with Crippen LogP contribution >= 0.6 is 0 Å². The van der Waals surface area contributed by atoms with Crippen LogP contribution in [0.2, 0.25) is 0 Å². The second-order valence-corrected chi connectivity index (χ2v) is 5.53. The highest BCUT2D eigenvalue weighted by molar-refractivity contribution is 5.48. The monoisotopic (exact) mass is 301 g/mol. The third kappa shape index (κ3) is 4.33. The third-order valence-corrected chi connectivity index (χ3v) is 3.77. The van der Waals surface area contributed by atoms with Crippen LogP contribution in [0.1, 0.15) is 31.7 Å². The minimum atomic E-state index is -4.35. The molecule has 3 nitrogen and oxygen atoms in total. The van der Waals surface area contributed by atoms with Crippen LogP contribution in [0.25, 0.3) is 0 Å². The lowest BCUT2D eigenvalue weighted by Gasteiger charge is -2.35. The zero-order chi connectivity index (χ0) is 15.3. The molecule has 1 N–H and O–H groups in total. The number of anilines is 1. The predicted molar refractivity (Wildman–Crippen MR) is 77.3 cm³/mol. The van der Waals surface area contributed by atoms with Gasteiger partial charge in [-0.3, -0.25) is 0 Å². The van der Waals surface area contributed by atoms with E-state index in [2.05, 4.69) is 17.2 Å². The average molecular weight is 301 g/mol. The molecule has 1 aromatic heterocycles. The van der Waals surface area contributed by atoms with Crippen molar-refractivity contribution in [3.8, 4) is 0 Å². The van der Waals surface area contributed by atoms with E-state index in [1.165, 1.54) is 12.3 Å². The summed E-state index contributed by atoms with van der Waals surface area (Å²) >= 11 is 0. The number of piperidine rings is 1. The van der Waals surface area contributed by atoms with Gasteiger partial charge in [0, 0.05) is 19.3 Å². The summed E-state index contributed by atoms with van der Waals surface area (Å²) in [5, 5.41) is 3.35. The van der Waals surface area contributed by atoms with Crippen LogP contribution in [0, 0.1) is 5.92 Å². The molecule has 1 aliphatic rings. The van der Waals surface area contributed by atoms with E-state index in [-0.39, 0.29) is 5.82 Å². The zero-order valence-corrected chi connectivity index (χ0v) is 12.3. The summed E-state index contributed by atoms with van der Waals surface area (Å²) in [5.74, 6) is 0.457. The summed E-state index contributed by atoms with van der Waals surface area (Å²) in [6.45, 7) is 5.19.